The highest BCUT2D eigenvalue weighted by molar-refractivity contribution is 6.01. The average molecular weight is 428 g/mol. The standard InChI is InChI=1S/C24H24N6O2/c1-15(2)27-23(31)17-5-4-6-19(13-17)29-24(32)28-18-9-7-16(8-10-18)21-20-11-12-30(3)22(20)26-14-25-21/h4-15H,1-3H3,(H,27,31)(H2,28,29,32). The molecule has 32 heavy (non-hydrogen) atoms. The number of urea groups is 1. The first kappa shape index (κ1) is 21.0. The van der Waals surface area contributed by atoms with Crippen LogP contribution in [0.25, 0.3) is 22.3 Å². The Morgan fingerprint density at radius 3 is 2.44 bits per heavy atom. The van der Waals surface area contributed by atoms with Gasteiger partial charge in [0.15, 0.2) is 0 Å². The van der Waals surface area contributed by atoms with Gasteiger partial charge in [0.25, 0.3) is 5.91 Å². The molecule has 0 aliphatic heterocycles. The van der Waals surface area contributed by atoms with Crippen molar-refractivity contribution >= 4 is 34.3 Å². The van der Waals surface area contributed by atoms with E-state index < -0.39 is 6.03 Å². The molecule has 8 nitrogen and oxygen atoms in total. The smallest absolute Gasteiger partial charge is 0.323 e. The Morgan fingerprint density at radius 2 is 1.69 bits per heavy atom. The summed E-state index contributed by atoms with van der Waals surface area (Å²) in [4.78, 5) is 33.3. The van der Waals surface area contributed by atoms with Crippen LogP contribution in [0.2, 0.25) is 0 Å². The fourth-order valence-electron chi connectivity index (χ4n) is 3.40. The van der Waals surface area contributed by atoms with Gasteiger partial charge in [0, 0.05) is 47.2 Å². The fraction of sp³-hybridized carbons (Fsp3) is 0.167. The van der Waals surface area contributed by atoms with E-state index in [1.54, 1.807) is 30.6 Å². The summed E-state index contributed by atoms with van der Waals surface area (Å²) in [5.41, 5.74) is 4.28. The number of amides is 3. The Kier molecular flexibility index (Phi) is 5.85. The Balaban J connectivity index is 1.44. The first-order chi connectivity index (χ1) is 15.4. The number of rotatable bonds is 5. The van der Waals surface area contributed by atoms with Gasteiger partial charge in [-0.05, 0) is 50.2 Å². The molecule has 162 valence electrons. The molecule has 0 bridgehead atoms. The third-order valence-electron chi connectivity index (χ3n) is 4.88. The highest BCUT2D eigenvalue weighted by Crippen LogP contribution is 2.26. The van der Waals surface area contributed by atoms with E-state index in [4.69, 9.17) is 0 Å². The van der Waals surface area contributed by atoms with Crippen LogP contribution >= 0.6 is 0 Å². The SMILES string of the molecule is CC(C)NC(=O)c1cccc(NC(=O)Nc2ccc(-c3ncnc4c3ccn4C)cc2)c1. The Hall–Kier alpha value is -4.20. The van der Waals surface area contributed by atoms with Crippen LogP contribution in [0.15, 0.2) is 67.1 Å². The third-order valence-corrected chi connectivity index (χ3v) is 4.88. The number of benzene rings is 2. The number of carbonyl (C=O) groups is 2. The summed E-state index contributed by atoms with van der Waals surface area (Å²) < 4.78 is 1.95. The Morgan fingerprint density at radius 1 is 0.938 bits per heavy atom. The molecule has 0 saturated heterocycles. The summed E-state index contributed by atoms with van der Waals surface area (Å²) in [6.07, 6.45) is 3.50. The van der Waals surface area contributed by atoms with Crippen LogP contribution in [-0.2, 0) is 7.05 Å². The van der Waals surface area contributed by atoms with Crippen LogP contribution in [-0.4, -0.2) is 32.5 Å². The van der Waals surface area contributed by atoms with Gasteiger partial charge in [0.05, 0.1) is 5.69 Å². The lowest BCUT2D eigenvalue weighted by Crippen LogP contribution is -2.30. The fourth-order valence-corrected chi connectivity index (χ4v) is 3.40. The van der Waals surface area contributed by atoms with Crippen molar-refractivity contribution in [1.29, 1.82) is 0 Å². The maximum absolute atomic E-state index is 12.4. The largest absolute Gasteiger partial charge is 0.350 e. The van der Waals surface area contributed by atoms with Crippen molar-refractivity contribution in [3.63, 3.8) is 0 Å². The monoisotopic (exact) mass is 428 g/mol. The lowest BCUT2D eigenvalue weighted by Gasteiger charge is -2.11. The van der Waals surface area contributed by atoms with Crippen molar-refractivity contribution in [2.24, 2.45) is 7.05 Å². The van der Waals surface area contributed by atoms with Crippen LogP contribution in [0.3, 0.4) is 0 Å². The van der Waals surface area contributed by atoms with E-state index >= 15 is 0 Å². The number of carbonyl (C=O) groups excluding carboxylic acids is 2. The van der Waals surface area contributed by atoms with E-state index in [9.17, 15) is 9.59 Å². The normalized spacial score (nSPS) is 10.9. The van der Waals surface area contributed by atoms with Crippen molar-refractivity contribution in [3.05, 3.63) is 72.7 Å². The number of fused-ring (bicyclic) bond motifs is 1. The highest BCUT2D eigenvalue weighted by Gasteiger charge is 2.11. The summed E-state index contributed by atoms with van der Waals surface area (Å²) in [6, 6.07) is 15.9. The Bertz CT molecular complexity index is 1280. The van der Waals surface area contributed by atoms with Gasteiger partial charge in [0.1, 0.15) is 12.0 Å². The van der Waals surface area contributed by atoms with Crippen LogP contribution < -0.4 is 16.0 Å². The van der Waals surface area contributed by atoms with Gasteiger partial charge in [-0.15, -0.1) is 0 Å². The summed E-state index contributed by atoms with van der Waals surface area (Å²) in [5, 5.41) is 9.36. The first-order valence-corrected chi connectivity index (χ1v) is 10.3. The minimum Gasteiger partial charge on any atom is -0.350 e. The molecule has 0 aliphatic rings. The summed E-state index contributed by atoms with van der Waals surface area (Å²) in [7, 11) is 1.94. The van der Waals surface area contributed by atoms with Crippen LogP contribution in [0, 0.1) is 0 Å². The molecule has 0 fully saturated rings. The molecular weight excluding hydrogens is 404 g/mol. The predicted molar refractivity (Wildman–Crippen MR) is 126 cm³/mol. The molecular formula is C24H24N6O2. The number of nitrogens with zero attached hydrogens (tertiary/aromatic N) is 3. The number of hydrogen-bond acceptors (Lipinski definition) is 4. The number of aromatic nitrogens is 3. The van der Waals surface area contributed by atoms with Crippen molar-refractivity contribution < 1.29 is 9.59 Å². The van der Waals surface area contributed by atoms with Crippen LogP contribution in [0.4, 0.5) is 16.2 Å². The summed E-state index contributed by atoms with van der Waals surface area (Å²) in [6.45, 7) is 3.79. The van der Waals surface area contributed by atoms with E-state index in [1.807, 2.05) is 62.0 Å². The number of anilines is 2. The predicted octanol–water partition coefficient (Wildman–Crippen LogP) is 4.42. The first-order valence-electron chi connectivity index (χ1n) is 10.3. The maximum Gasteiger partial charge on any atom is 0.323 e. The summed E-state index contributed by atoms with van der Waals surface area (Å²) >= 11 is 0. The number of aryl methyl sites for hydroxylation is 1. The molecule has 0 aliphatic carbocycles. The molecule has 3 N–H and O–H groups in total. The van der Waals surface area contributed by atoms with E-state index in [-0.39, 0.29) is 11.9 Å². The number of hydrogen-bond donors (Lipinski definition) is 3. The molecule has 3 amide bonds. The third kappa shape index (κ3) is 4.59. The van der Waals surface area contributed by atoms with Gasteiger partial charge in [-0.3, -0.25) is 4.79 Å². The molecule has 0 saturated carbocycles. The number of nitrogens with one attached hydrogen (secondary N) is 3. The van der Waals surface area contributed by atoms with E-state index in [0.717, 1.165) is 22.3 Å². The Labute approximate surface area is 185 Å². The maximum atomic E-state index is 12.4. The average Bonchev–Trinajstić information content (AvgIpc) is 3.15. The van der Waals surface area contributed by atoms with Gasteiger partial charge in [-0.1, -0.05) is 18.2 Å². The molecule has 0 unspecified atom stereocenters. The van der Waals surface area contributed by atoms with Crippen molar-refractivity contribution in [2.75, 3.05) is 10.6 Å². The van der Waals surface area contributed by atoms with Gasteiger partial charge < -0.3 is 20.5 Å². The molecule has 0 atom stereocenters. The lowest BCUT2D eigenvalue weighted by molar-refractivity contribution is 0.0943. The molecule has 4 aromatic rings. The lowest BCUT2D eigenvalue weighted by atomic mass is 10.1. The topological polar surface area (TPSA) is 101 Å². The van der Waals surface area contributed by atoms with Crippen molar-refractivity contribution in [1.82, 2.24) is 19.9 Å². The van der Waals surface area contributed by atoms with Gasteiger partial charge in [-0.25, -0.2) is 14.8 Å². The zero-order chi connectivity index (χ0) is 22.7. The zero-order valence-corrected chi connectivity index (χ0v) is 18.1. The second-order valence-corrected chi connectivity index (χ2v) is 7.75. The minimum absolute atomic E-state index is 0.0331. The van der Waals surface area contributed by atoms with E-state index in [0.29, 0.717) is 16.9 Å². The molecule has 0 radical (unpaired) electrons. The van der Waals surface area contributed by atoms with Gasteiger partial charge >= 0.3 is 6.03 Å². The van der Waals surface area contributed by atoms with Crippen molar-refractivity contribution in [2.45, 2.75) is 19.9 Å². The molecule has 4 rings (SSSR count). The quantitative estimate of drug-likeness (QED) is 0.438. The second kappa shape index (κ2) is 8.89. The second-order valence-electron chi connectivity index (χ2n) is 7.75. The highest BCUT2D eigenvalue weighted by atomic mass is 16.2. The molecule has 2 heterocycles. The molecule has 0 spiro atoms. The summed E-state index contributed by atoms with van der Waals surface area (Å²) in [5.74, 6) is -0.183. The minimum atomic E-state index is -0.397. The molecule has 2 aromatic carbocycles. The van der Waals surface area contributed by atoms with Gasteiger partial charge in [-0.2, -0.15) is 0 Å². The molecule has 2 aromatic heterocycles. The van der Waals surface area contributed by atoms with Crippen LogP contribution in [0.5, 0.6) is 0 Å². The van der Waals surface area contributed by atoms with E-state index in [2.05, 4.69) is 25.9 Å². The molecule has 8 heteroatoms. The van der Waals surface area contributed by atoms with Gasteiger partial charge in [0.2, 0.25) is 0 Å². The van der Waals surface area contributed by atoms with Crippen LogP contribution in [0.1, 0.15) is 24.2 Å². The van der Waals surface area contributed by atoms with E-state index in [1.165, 1.54) is 0 Å². The van der Waals surface area contributed by atoms with Crippen molar-refractivity contribution in [3.8, 4) is 11.3 Å². The zero-order valence-electron chi connectivity index (χ0n) is 18.1.